The van der Waals surface area contributed by atoms with E-state index in [0.717, 1.165) is 0 Å². The number of carbonyl (C=O) groups excluding carboxylic acids is 1. The third-order valence-electron chi connectivity index (χ3n) is 2.74. The van der Waals surface area contributed by atoms with Gasteiger partial charge in [-0.3, -0.25) is 5.32 Å². The van der Waals surface area contributed by atoms with Crippen LogP contribution in [0.2, 0.25) is 0 Å². The summed E-state index contributed by atoms with van der Waals surface area (Å²) in [5.41, 5.74) is 6.98. The predicted octanol–water partition coefficient (Wildman–Crippen LogP) is 3.45. The summed E-state index contributed by atoms with van der Waals surface area (Å²) in [4.78, 5) is 14.9. The lowest BCUT2D eigenvalue weighted by Gasteiger charge is -2.11. The molecule has 0 aliphatic heterocycles. The Morgan fingerprint density at radius 3 is 2.32 bits per heavy atom. The first-order chi connectivity index (χ1) is 10.2. The zero-order chi connectivity index (χ0) is 16.3. The van der Waals surface area contributed by atoms with Crippen molar-refractivity contribution in [3.63, 3.8) is 0 Å². The molecule has 2 rings (SSSR count). The number of pyridine rings is 1. The van der Waals surface area contributed by atoms with Crippen LogP contribution in [0.4, 0.5) is 23.8 Å². The van der Waals surface area contributed by atoms with E-state index >= 15 is 0 Å². The van der Waals surface area contributed by atoms with Crippen LogP contribution in [0.15, 0.2) is 36.4 Å². The second-order valence-electron chi connectivity index (χ2n) is 4.39. The van der Waals surface area contributed by atoms with Crippen LogP contribution in [0.3, 0.4) is 0 Å². The fourth-order valence-corrected chi connectivity index (χ4v) is 1.90. The number of halogens is 3. The van der Waals surface area contributed by atoms with E-state index in [4.69, 9.17) is 5.73 Å². The summed E-state index contributed by atoms with van der Waals surface area (Å²) in [6, 6.07) is 7.93. The summed E-state index contributed by atoms with van der Waals surface area (Å²) in [6.45, 7) is 1.71. The topological polar surface area (TPSA) is 77.2 Å². The number of benzene rings is 1. The molecular formula is C14H12F3N3O2. The van der Waals surface area contributed by atoms with Crippen LogP contribution in [-0.4, -0.2) is 17.4 Å². The molecule has 1 aromatic carbocycles. The van der Waals surface area contributed by atoms with Crippen molar-refractivity contribution in [2.45, 2.75) is 13.3 Å². The zero-order valence-corrected chi connectivity index (χ0v) is 11.4. The van der Waals surface area contributed by atoms with E-state index in [1.165, 1.54) is 24.3 Å². The Balaban J connectivity index is 2.23. The van der Waals surface area contributed by atoms with E-state index in [9.17, 15) is 18.0 Å². The molecule has 2 aromatic rings. The van der Waals surface area contributed by atoms with Gasteiger partial charge in [0, 0.05) is 11.3 Å². The van der Waals surface area contributed by atoms with Gasteiger partial charge < -0.3 is 10.5 Å². The smallest absolute Gasteiger partial charge is 0.406 e. The van der Waals surface area contributed by atoms with Gasteiger partial charge in [-0.25, -0.2) is 9.78 Å². The van der Waals surface area contributed by atoms with Gasteiger partial charge in [0.1, 0.15) is 11.6 Å². The Hall–Kier alpha value is -2.77. The van der Waals surface area contributed by atoms with Gasteiger partial charge >= 0.3 is 12.4 Å². The maximum absolute atomic E-state index is 12.1. The van der Waals surface area contributed by atoms with Gasteiger partial charge in [-0.05, 0) is 36.8 Å². The molecule has 0 radical (unpaired) electrons. The van der Waals surface area contributed by atoms with E-state index in [1.807, 2.05) is 0 Å². The molecule has 0 bridgehead atoms. The lowest BCUT2D eigenvalue weighted by molar-refractivity contribution is -0.274. The monoisotopic (exact) mass is 311 g/mol. The van der Waals surface area contributed by atoms with Crippen LogP contribution in [0.25, 0.3) is 11.1 Å². The minimum absolute atomic E-state index is 0.297. The van der Waals surface area contributed by atoms with E-state index in [-0.39, 0.29) is 5.75 Å². The predicted molar refractivity (Wildman–Crippen MR) is 74.3 cm³/mol. The number of rotatable bonds is 3. The molecule has 116 valence electrons. The molecule has 2 amide bonds. The Morgan fingerprint density at radius 2 is 1.82 bits per heavy atom. The van der Waals surface area contributed by atoms with E-state index in [0.29, 0.717) is 22.6 Å². The van der Waals surface area contributed by atoms with Gasteiger partial charge in [0.25, 0.3) is 0 Å². The molecule has 0 saturated heterocycles. The first-order valence-corrected chi connectivity index (χ1v) is 6.15. The molecule has 0 saturated carbocycles. The molecule has 1 heterocycles. The Bertz CT molecular complexity index is 685. The number of nitrogens with one attached hydrogen (secondary N) is 1. The van der Waals surface area contributed by atoms with Gasteiger partial charge in [0.2, 0.25) is 0 Å². The SMILES string of the molecule is Cc1nc(NC(N)=O)ccc1-c1ccc(OC(F)(F)F)cc1. The van der Waals surface area contributed by atoms with E-state index in [1.54, 1.807) is 19.1 Å². The van der Waals surface area contributed by atoms with Crippen LogP contribution in [0.5, 0.6) is 5.75 Å². The molecule has 1 aromatic heterocycles. The average molecular weight is 311 g/mol. The van der Waals surface area contributed by atoms with Crippen LogP contribution >= 0.6 is 0 Å². The van der Waals surface area contributed by atoms with Gasteiger partial charge in [0.15, 0.2) is 0 Å². The van der Waals surface area contributed by atoms with Gasteiger partial charge in [-0.15, -0.1) is 13.2 Å². The highest BCUT2D eigenvalue weighted by molar-refractivity contribution is 5.87. The summed E-state index contributed by atoms with van der Waals surface area (Å²) in [5.74, 6) is -0.000322. The molecule has 8 heteroatoms. The second-order valence-corrected chi connectivity index (χ2v) is 4.39. The van der Waals surface area contributed by atoms with E-state index in [2.05, 4.69) is 15.0 Å². The number of hydrogen-bond donors (Lipinski definition) is 2. The zero-order valence-electron chi connectivity index (χ0n) is 11.4. The Labute approximate surface area is 123 Å². The van der Waals surface area contributed by atoms with Crippen LogP contribution < -0.4 is 15.8 Å². The molecule has 0 atom stereocenters. The first kappa shape index (κ1) is 15.6. The van der Waals surface area contributed by atoms with Crippen LogP contribution in [0, 0.1) is 6.92 Å². The quantitative estimate of drug-likeness (QED) is 0.911. The molecule has 0 aliphatic carbocycles. The minimum Gasteiger partial charge on any atom is -0.406 e. The van der Waals surface area contributed by atoms with Gasteiger partial charge in [-0.2, -0.15) is 0 Å². The number of anilines is 1. The number of ether oxygens (including phenoxy) is 1. The molecular weight excluding hydrogens is 299 g/mol. The number of aromatic nitrogens is 1. The van der Waals surface area contributed by atoms with Crippen molar-refractivity contribution in [2.24, 2.45) is 5.73 Å². The molecule has 22 heavy (non-hydrogen) atoms. The fourth-order valence-electron chi connectivity index (χ4n) is 1.90. The second kappa shape index (κ2) is 5.92. The lowest BCUT2D eigenvalue weighted by Crippen LogP contribution is -2.20. The van der Waals surface area contributed by atoms with Crippen molar-refractivity contribution < 1.29 is 22.7 Å². The largest absolute Gasteiger partial charge is 0.573 e. The Morgan fingerprint density at radius 1 is 1.18 bits per heavy atom. The maximum atomic E-state index is 12.1. The summed E-state index contributed by atoms with van der Waals surface area (Å²) < 4.78 is 40.1. The number of primary amides is 1. The highest BCUT2D eigenvalue weighted by Crippen LogP contribution is 2.28. The van der Waals surface area contributed by atoms with Crippen molar-refractivity contribution >= 4 is 11.8 Å². The summed E-state index contributed by atoms with van der Waals surface area (Å²) in [5, 5.41) is 2.34. The first-order valence-electron chi connectivity index (χ1n) is 6.15. The van der Waals surface area contributed by atoms with Gasteiger partial charge in [0.05, 0.1) is 0 Å². The van der Waals surface area contributed by atoms with Crippen LogP contribution in [0.1, 0.15) is 5.69 Å². The molecule has 0 spiro atoms. The fraction of sp³-hybridized carbons (Fsp3) is 0.143. The van der Waals surface area contributed by atoms with Crippen molar-refractivity contribution in [3.05, 3.63) is 42.1 Å². The molecule has 0 fully saturated rings. The molecule has 5 nitrogen and oxygen atoms in total. The standard InChI is InChI=1S/C14H12F3N3O2/c1-8-11(6-7-12(19-8)20-13(18)21)9-2-4-10(5-3-9)22-14(15,16)17/h2-7H,1H3,(H3,18,19,20,21). The third-order valence-corrected chi connectivity index (χ3v) is 2.74. The lowest BCUT2D eigenvalue weighted by atomic mass is 10.0. The van der Waals surface area contributed by atoms with Crippen molar-refractivity contribution in [1.82, 2.24) is 4.98 Å². The number of urea groups is 1. The normalized spacial score (nSPS) is 11.1. The van der Waals surface area contributed by atoms with Crippen molar-refractivity contribution in [2.75, 3.05) is 5.32 Å². The maximum Gasteiger partial charge on any atom is 0.573 e. The number of amides is 2. The average Bonchev–Trinajstić information content (AvgIpc) is 2.37. The number of alkyl halides is 3. The number of nitrogens with zero attached hydrogens (tertiary/aromatic N) is 1. The number of hydrogen-bond acceptors (Lipinski definition) is 3. The van der Waals surface area contributed by atoms with Gasteiger partial charge in [-0.1, -0.05) is 12.1 Å². The number of nitrogens with two attached hydrogens (primary N) is 1. The summed E-state index contributed by atoms with van der Waals surface area (Å²) >= 11 is 0. The summed E-state index contributed by atoms with van der Waals surface area (Å²) in [6.07, 6.45) is -4.72. The minimum atomic E-state index is -4.72. The Kier molecular flexibility index (Phi) is 4.20. The van der Waals surface area contributed by atoms with E-state index < -0.39 is 12.4 Å². The highest BCUT2D eigenvalue weighted by atomic mass is 19.4. The molecule has 0 unspecified atom stereocenters. The molecule has 3 N–H and O–H groups in total. The number of aryl methyl sites for hydroxylation is 1. The molecule has 0 aliphatic rings. The van der Waals surface area contributed by atoms with Crippen molar-refractivity contribution in [1.29, 1.82) is 0 Å². The highest BCUT2D eigenvalue weighted by Gasteiger charge is 2.30. The van der Waals surface area contributed by atoms with Crippen LogP contribution in [-0.2, 0) is 0 Å². The van der Waals surface area contributed by atoms with Crippen molar-refractivity contribution in [3.8, 4) is 16.9 Å². The third kappa shape index (κ3) is 4.11. The summed E-state index contributed by atoms with van der Waals surface area (Å²) in [7, 11) is 0. The number of carbonyl (C=O) groups is 1.